The summed E-state index contributed by atoms with van der Waals surface area (Å²) in [6.07, 6.45) is 1.23. The highest BCUT2D eigenvalue weighted by Crippen LogP contribution is 2.34. The number of rotatable bonds is 2. The van der Waals surface area contributed by atoms with Gasteiger partial charge in [-0.15, -0.1) is 0 Å². The van der Waals surface area contributed by atoms with Gasteiger partial charge in [0.05, 0.1) is 12.7 Å². The van der Waals surface area contributed by atoms with Gasteiger partial charge >= 0.3 is 0 Å². The van der Waals surface area contributed by atoms with Crippen LogP contribution < -0.4 is 0 Å². The van der Waals surface area contributed by atoms with Crippen molar-refractivity contribution in [2.45, 2.75) is 25.4 Å². The van der Waals surface area contributed by atoms with Crippen LogP contribution in [-0.2, 0) is 4.74 Å². The molecule has 0 aromatic heterocycles. The van der Waals surface area contributed by atoms with E-state index >= 15 is 0 Å². The number of benzene rings is 1. The minimum Gasteiger partial charge on any atom is -0.396 e. The first-order valence-corrected chi connectivity index (χ1v) is 6.06. The maximum Gasteiger partial charge on any atom is 0.0553 e. The number of aliphatic hydroxyl groups is 1. The fourth-order valence-electron chi connectivity index (χ4n) is 2.32. The molecule has 0 saturated carbocycles. The average molecular weight is 241 g/mol. The lowest BCUT2D eigenvalue weighted by molar-refractivity contribution is -0.0329. The molecule has 1 aliphatic rings. The first-order valence-electron chi connectivity index (χ1n) is 5.68. The molecule has 1 aromatic rings. The van der Waals surface area contributed by atoms with E-state index in [2.05, 4.69) is 6.92 Å². The van der Waals surface area contributed by atoms with Gasteiger partial charge in [-0.1, -0.05) is 23.7 Å². The number of hydrogen-bond acceptors (Lipinski definition) is 2. The van der Waals surface area contributed by atoms with Crippen molar-refractivity contribution in [3.8, 4) is 0 Å². The van der Waals surface area contributed by atoms with Crippen LogP contribution in [0.4, 0.5) is 0 Å². The zero-order chi connectivity index (χ0) is 11.5. The highest BCUT2D eigenvalue weighted by Gasteiger charge is 2.29. The summed E-state index contributed by atoms with van der Waals surface area (Å²) in [5.41, 5.74) is 1.25. The van der Waals surface area contributed by atoms with Gasteiger partial charge in [0.2, 0.25) is 0 Å². The largest absolute Gasteiger partial charge is 0.396 e. The number of ether oxygens (including phenoxy) is 1. The number of aliphatic hydroxyl groups excluding tert-OH is 1. The molecular weight excluding hydrogens is 224 g/mol. The number of hydrogen-bond donors (Lipinski definition) is 1. The van der Waals surface area contributed by atoms with Crippen molar-refractivity contribution in [3.63, 3.8) is 0 Å². The zero-order valence-electron chi connectivity index (χ0n) is 9.40. The first-order chi connectivity index (χ1) is 7.70. The summed E-state index contributed by atoms with van der Waals surface area (Å²) in [4.78, 5) is 0. The summed E-state index contributed by atoms with van der Waals surface area (Å²) in [5, 5.41) is 10.1. The van der Waals surface area contributed by atoms with Gasteiger partial charge in [0.15, 0.2) is 0 Å². The first kappa shape index (κ1) is 11.9. The van der Waals surface area contributed by atoms with E-state index in [-0.39, 0.29) is 18.6 Å². The normalized spacial score (nSPS) is 30.3. The van der Waals surface area contributed by atoms with Crippen LogP contribution in [0.3, 0.4) is 0 Å². The molecule has 0 bridgehead atoms. The van der Waals surface area contributed by atoms with Gasteiger partial charge in [0, 0.05) is 17.5 Å². The summed E-state index contributed by atoms with van der Waals surface area (Å²) in [6.45, 7) is 2.90. The quantitative estimate of drug-likeness (QED) is 0.862. The fraction of sp³-hybridized carbons (Fsp3) is 0.538. The van der Waals surface area contributed by atoms with Crippen molar-refractivity contribution < 1.29 is 9.84 Å². The summed E-state index contributed by atoms with van der Waals surface area (Å²) < 4.78 is 5.57. The third-order valence-electron chi connectivity index (χ3n) is 3.28. The van der Waals surface area contributed by atoms with Crippen molar-refractivity contribution in [2.75, 3.05) is 13.2 Å². The van der Waals surface area contributed by atoms with Crippen LogP contribution in [0.2, 0.25) is 5.02 Å². The Bertz CT molecular complexity index is 336. The monoisotopic (exact) mass is 240 g/mol. The van der Waals surface area contributed by atoms with Crippen molar-refractivity contribution in [3.05, 3.63) is 34.9 Å². The van der Waals surface area contributed by atoms with Crippen LogP contribution in [0.5, 0.6) is 0 Å². The molecule has 2 rings (SSSR count). The van der Waals surface area contributed by atoms with Gasteiger partial charge in [0.1, 0.15) is 0 Å². The molecule has 0 amide bonds. The van der Waals surface area contributed by atoms with E-state index in [9.17, 15) is 5.11 Å². The predicted octanol–water partition coefficient (Wildman–Crippen LogP) is 2.84. The van der Waals surface area contributed by atoms with E-state index in [4.69, 9.17) is 16.3 Å². The Hall–Kier alpha value is -0.570. The smallest absolute Gasteiger partial charge is 0.0553 e. The molecule has 3 heteroatoms. The molecule has 1 heterocycles. The summed E-state index contributed by atoms with van der Waals surface area (Å²) in [6, 6.07) is 7.91. The molecular formula is C13H17ClO2. The van der Waals surface area contributed by atoms with Crippen molar-refractivity contribution in [2.24, 2.45) is 5.92 Å². The Labute approximate surface area is 101 Å². The van der Waals surface area contributed by atoms with Crippen LogP contribution in [0.25, 0.3) is 0 Å². The Morgan fingerprint density at radius 3 is 2.69 bits per heavy atom. The van der Waals surface area contributed by atoms with E-state index in [1.165, 1.54) is 5.56 Å². The molecule has 0 radical (unpaired) electrons. The predicted molar refractivity (Wildman–Crippen MR) is 64.8 cm³/mol. The molecule has 0 aliphatic carbocycles. The van der Waals surface area contributed by atoms with E-state index in [1.54, 1.807) is 0 Å². The van der Waals surface area contributed by atoms with Crippen molar-refractivity contribution in [1.82, 2.24) is 0 Å². The lowest BCUT2D eigenvalue weighted by atomic mass is 9.81. The van der Waals surface area contributed by atoms with E-state index in [0.717, 1.165) is 11.4 Å². The van der Waals surface area contributed by atoms with Crippen LogP contribution >= 0.6 is 11.6 Å². The molecule has 0 spiro atoms. The van der Waals surface area contributed by atoms with E-state index in [1.807, 2.05) is 24.3 Å². The van der Waals surface area contributed by atoms with Gasteiger partial charge in [-0.25, -0.2) is 0 Å². The molecule has 1 saturated heterocycles. The Morgan fingerprint density at radius 2 is 2.06 bits per heavy atom. The van der Waals surface area contributed by atoms with Gasteiger partial charge < -0.3 is 9.84 Å². The van der Waals surface area contributed by atoms with Crippen LogP contribution in [0.1, 0.15) is 24.8 Å². The van der Waals surface area contributed by atoms with Crippen LogP contribution in [-0.4, -0.2) is 24.4 Å². The maximum absolute atomic E-state index is 9.36. The lowest BCUT2D eigenvalue weighted by Gasteiger charge is -2.34. The maximum atomic E-state index is 9.36. The Morgan fingerprint density at radius 1 is 1.38 bits per heavy atom. The Balaban J connectivity index is 2.18. The van der Waals surface area contributed by atoms with Gasteiger partial charge in [0.25, 0.3) is 0 Å². The van der Waals surface area contributed by atoms with Crippen molar-refractivity contribution >= 4 is 11.6 Å². The third kappa shape index (κ3) is 2.57. The van der Waals surface area contributed by atoms with Crippen LogP contribution in [0, 0.1) is 5.92 Å². The van der Waals surface area contributed by atoms with E-state index < -0.39 is 0 Å². The van der Waals surface area contributed by atoms with Crippen molar-refractivity contribution in [1.29, 1.82) is 0 Å². The summed E-state index contributed by atoms with van der Waals surface area (Å²) >= 11 is 5.88. The van der Waals surface area contributed by atoms with Gasteiger partial charge in [-0.05, 0) is 37.0 Å². The average Bonchev–Trinajstić information content (AvgIpc) is 2.30. The minimum absolute atomic E-state index is 0.181. The molecule has 1 fully saturated rings. The summed E-state index contributed by atoms with van der Waals surface area (Å²) in [7, 11) is 0. The molecule has 1 N–H and O–H groups in total. The molecule has 88 valence electrons. The Kier molecular flexibility index (Phi) is 3.85. The van der Waals surface area contributed by atoms with Gasteiger partial charge in [-0.3, -0.25) is 0 Å². The fourth-order valence-corrected chi connectivity index (χ4v) is 2.45. The second-order valence-corrected chi connectivity index (χ2v) is 4.92. The topological polar surface area (TPSA) is 29.5 Å². The van der Waals surface area contributed by atoms with Crippen LogP contribution in [0.15, 0.2) is 24.3 Å². The van der Waals surface area contributed by atoms with Gasteiger partial charge in [-0.2, -0.15) is 0 Å². The molecule has 2 nitrogen and oxygen atoms in total. The molecule has 16 heavy (non-hydrogen) atoms. The SMILES string of the molecule is C[C@H]1C[C@@H](c2ccc(Cl)cc2)[C@H](CO)CO1. The lowest BCUT2D eigenvalue weighted by Crippen LogP contribution is -2.32. The highest BCUT2D eigenvalue weighted by molar-refractivity contribution is 6.30. The minimum atomic E-state index is 0.181. The molecule has 3 atom stereocenters. The molecule has 1 aliphatic heterocycles. The number of halogens is 1. The summed E-state index contributed by atoms with van der Waals surface area (Å²) in [5.74, 6) is 0.586. The molecule has 1 aromatic carbocycles. The molecule has 0 unspecified atom stereocenters. The standard InChI is InChI=1S/C13H17ClO2/c1-9-6-13(11(7-15)8-16-9)10-2-4-12(14)5-3-10/h2-5,9,11,13,15H,6-8H2,1H3/t9-,11+,13-/m0/s1. The highest BCUT2D eigenvalue weighted by atomic mass is 35.5. The second-order valence-electron chi connectivity index (χ2n) is 4.48. The second kappa shape index (κ2) is 5.17. The zero-order valence-corrected chi connectivity index (χ0v) is 10.2. The van der Waals surface area contributed by atoms with E-state index in [0.29, 0.717) is 12.5 Å². The third-order valence-corrected chi connectivity index (χ3v) is 3.53.